The fraction of sp³-hybridized carbons (Fsp3) is 0.417. The molecule has 1 saturated carbocycles. The highest BCUT2D eigenvalue weighted by Crippen LogP contribution is 2.31. The highest BCUT2D eigenvalue weighted by molar-refractivity contribution is 5.84. The van der Waals surface area contributed by atoms with Crippen molar-refractivity contribution in [2.75, 3.05) is 18.5 Å². The average molecular weight is 438 g/mol. The van der Waals surface area contributed by atoms with E-state index in [0.29, 0.717) is 18.0 Å². The van der Waals surface area contributed by atoms with E-state index in [2.05, 4.69) is 10.6 Å². The molecule has 3 aliphatic rings. The van der Waals surface area contributed by atoms with Gasteiger partial charge in [0.2, 0.25) is 5.91 Å². The lowest BCUT2D eigenvalue weighted by Gasteiger charge is -2.27. The van der Waals surface area contributed by atoms with Gasteiger partial charge >= 0.3 is 6.09 Å². The summed E-state index contributed by atoms with van der Waals surface area (Å²) >= 11 is 0. The number of fused-ring (bicyclic) bond motifs is 1. The molecule has 8 heteroatoms. The van der Waals surface area contributed by atoms with E-state index in [1.807, 2.05) is 30.3 Å². The number of para-hydroxylation sites is 1. The van der Waals surface area contributed by atoms with Crippen LogP contribution in [0.4, 0.5) is 10.5 Å². The minimum atomic E-state index is -0.582. The highest BCUT2D eigenvalue weighted by Gasteiger charge is 2.50. The Balaban J connectivity index is 1.10. The molecule has 2 aromatic carbocycles. The van der Waals surface area contributed by atoms with Crippen molar-refractivity contribution in [3.63, 3.8) is 0 Å². The Morgan fingerprint density at radius 2 is 1.59 bits per heavy atom. The van der Waals surface area contributed by atoms with E-state index in [1.54, 1.807) is 24.3 Å². The summed E-state index contributed by atoms with van der Waals surface area (Å²) < 4.78 is 22.9. The van der Waals surface area contributed by atoms with Crippen molar-refractivity contribution in [2.24, 2.45) is 5.92 Å². The van der Waals surface area contributed by atoms with Crippen LogP contribution in [0.2, 0.25) is 0 Å². The third-order valence-electron chi connectivity index (χ3n) is 6.15. The highest BCUT2D eigenvalue weighted by atomic mass is 16.6. The number of hydrogen-bond donors (Lipinski definition) is 2. The summed E-state index contributed by atoms with van der Waals surface area (Å²) in [6, 6.07) is 16.3. The van der Waals surface area contributed by atoms with E-state index in [0.717, 1.165) is 25.0 Å². The first-order valence-electron chi connectivity index (χ1n) is 11.0. The summed E-state index contributed by atoms with van der Waals surface area (Å²) in [5.41, 5.74) is 0.587. The smallest absolute Gasteiger partial charge is 0.412 e. The number of nitrogens with one attached hydrogen (secondary N) is 2. The second kappa shape index (κ2) is 9.18. The lowest BCUT2D eigenvalue weighted by molar-refractivity contribution is -0.128. The van der Waals surface area contributed by atoms with Crippen molar-refractivity contribution in [1.82, 2.24) is 5.32 Å². The fourth-order valence-corrected chi connectivity index (χ4v) is 4.18. The van der Waals surface area contributed by atoms with Gasteiger partial charge in [0.05, 0.1) is 19.3 Å². The quantitative estimate of drug-likeness (QED) is 0.717. The van der Waals surface area contributed by atoms with Gasteiger partial charge in [-0.1, -0.05) is 24.6 Å². The van der Waals surface area contributed by atoms with Crippen molar-refractivity contribution in [3.05, 3.63) is 54.6 Å². The molecular weight excluding hydrogens is 412 g/mol. The fourth-order valence-electron chi connectivity index (χ4n) is 4.18. The topological polar surface area (TPSA) is 95.1 Å². The number of amides is 2. The maximum atomic E-state index is 12.4. The molecule has 0 spiro atoms. The molecule has 8 nitrogen and oxygen atoms in total. The Hall–Kier alpha value is -3.10. The number of benzene rings is 2. The average Bonchev–Trinajstić information content (AvgIpc) is 3.32. The molecule has 4 atom stereocenters. The summed E-state index contributed by atoms with van der Waals surface area (Å²) in [5.74, 6) is 1.58. The number of carbonyl (C=O) groups is 2. The lowest BCUT2D eigenvalue weighted by atomic mass is 9.84. The van der Waals surface area contributed by atoms with Gasteiger partial charge < -0.3 is 24.3 Å². The number of carbonyl (C=O) groups excluding carboxylic acids is 2. The molecule has 168 valence electrons. The molecule has 2 heterocycles. The van der Waals surface area contributed by atoms with Crippen LogP contribution in [0.1, 0.15) is 19.3 Å². The first-order valence-corrected chi connectivity index (χ1v) is 11.0. The van der Waals surface area contributed by atoms with Crippen LogP contribution < -0.4 is 15.4 Å². The van der Waals surface area contributed by atoms with Crippen LogP contribution >= 0.6 is 0 Å². The summed E-state index contributed by atoms with van der Waals surface area (Å²) in [4.78, 5) is 24.6. The largest absolute Gasteiger partial charge is 0.457 e. The maximum absolute atomic E-state index is 12.4. The minimum Gasteiger partial charge on any atom is -0.457 e. The molecular formula is C24H26N2O6. The lowest BCUT2D eigenvalue weighted by Crippen LogP contribution is -2.47. The molecule has 0 bridgehead atoms. The number of ether oxygens (including phenoxy) is 4. The van der Waals surface area contributed by atoms with Gasteiger partial charge in [0.25, 0.3) is 0 Å². The molecule has 0 aromatic heterocycles. The van der Waals surface area contributed by atoms with Crippen LogP contribution in [0.5, 0.6) is 11.5 Å². The molecule has 2 amide bonds. The Kier molecular flexibility index (Phi) is 5.96. The van der Waals surface area contributed by atoms with Gasteiger partial charge in [-0.25, -0.2) is 4.79 Å². The van der Waals surface area contributed by atoms with E-state index < -0.39 is 12.2 Å². The summed E-state index contributed by atoms with van der Waals surface area (Å²) in [6.07, 6.45) is 1.21. The molecule has 5 rings (SSSR count). The van der Waals surface area contributed by atoms with Crippen LogP contribution in [0.15, 0.2) is 54.6 Å². The van der Waals surface area contributed by atoms with E-state index in [-0.39, 0.29) is 36.7 Å². The predicted molar refractivity (Wildman–Crippen MR) is 116 cm³/mol. The molecule has 2 aliphatic heterocycles. The van der Waals surface area contributed by atoms with Gasteiger partial charge in [-0.15, -0.1) is 0 Å². The SMILES string of the molecule is O=C(Nc1ccc(Oc2ccccc2)cc1)OC1COC2C(NC(=O)C3CCC3)COC12. The van der Waals surface area contributed by atoms with Crippen LogP contribution in [0, 0.1) is 5.92 Å². The third kappa shape index (κ3) is 4.56. The van der Waals surface area contributed by atoms with Gasteiger partial charge in [0.1, 0.15) is 23.7 Å². The Labute approximate surface area is 186 Å². The second-order valence-electron chi connectivity index (χ2n) is 8.35. The van der Waals surface area contributed by atoms with E-state index >= 15 is 0 Å². The molecule has 2 N–H and O–H groups in total. The van der Waals surface area contributed by atoms with Gasteiger partial charge in [-0.05, 0) is 49.2 Å². The molecule has 32 heavy (non-hydrogen) atoms. The first kappa shape index (κ1) is 20.8. The zero-order chi connectivity index (χ0) is 21.9. The molecule has 0 radical (unpaired) electrons. The van der Waals surface area contributed by atoms with E-state index in [1.165, 1.54) is 0 Å². The van der Waals surface area contributed by atoms with Crippen LogP contribution in [0.25, 0.3) is 0 Å². The second-order valence-corrected chi connectivity index (χ2v) is 8.35. The van der Waals surface area contributed by atoms with Crippen molar-refractivity contribution in [2.45, 2.75) is 43.6 Å². The third-order valence-corrected chi connectivity index (χ3v) is 6.15. The van der Waals surface area contributed by atoms with Gasteiger partial charge in [-0.2, -0.15) is 0 Å². The normalized spacial score (nSPS) is 26.6. The zero-order valence-corrected chi connectivity index (χ0v) is 17.6. The van der Waals surface area contributed by atoms with E-state index in [9.17, 15) is 9.59 Å². The standard InChI is InChI=1S/C24H26N2O6/c27-23(15-5-4-6-15)26-19-13-29-22-20(14-30-21(19)22)32-24(28)25-16-9-11-18(12-10-16)31-17-7-2-1-3-8-17/h1-3,7-12,15,19-22H,4-6,13-14H2,(H,25,28)(H,26,27). The van der Waals surface area contributed by atoms with Crippen molar-refractivity contribution in [1.29, 1.82) is 0 Å². The summed E-state index contributed by atoms with van der Waals surface area (Å²) in [5, 5.41) is 5.75. The van der Waals surface area contributed by atoms with E-state index in [4.69, 9.17) is 18.9 Å². The molecule has 1 aliphatic carbocycles. The monoisotopic (exact) mass is 438 g/mol. The van der Waals surface area contributed by atoms with Crippen LogP contribution in [-0.2, 0) is 19.0 Å². The minimum absolute atomic E-state index is 0.0657. The Bertz CT molecular complexity index is 947. The van der Waals surface area contributed by atoms with Crippen molar-refractivity contribution < 1.29 is 28.5 Å². The van der Waals surface area contributed by atoms with Gasteiger partial charge in [-0.3, -0.25) is 10.1 Å². The number of anilines is 1. The molecule has 2 aromatic rings. The Morgan fingerprint density at radius 1 is 0.875 bits per heavy atom. The summed E-state index contributed by atoms with van der Waals surface area (Å²) in [7, 11) is 0. The molecule has 4 unspecified atom stereocenters. The molecule has 3 fully saturated rings. The Morgan fingerprint density at radius 3 is 2.31 bits per heavy atom. The predicted octanol–water partition coefficient (Wildman–Crippen LogP) is 3.48. The van der Waals surface area contributed by atoms with Crippen molar-refractivity contribution >= 4 is 17.7 Å². The summed E-state index contributed by atoms with van der Waals surface area (Å²) in [6.45, 7) is 0.598. The molecule has 2 saturated heterocycles. The first-order chi connectivity index (χ1) is 15.7. The number of hydrogen-bond acceptors (Lipinski definition) is 6. The van der Waals surface area contributed by atoms with Gasteiger partial charge in [0.15, 0.2) is 6.10 Å². The van der Waals surface area contributed by atoms with Crippen molar-refractivity contribution in [3.8, 4) is 11.5 Å². The maximum Gasteiger partial charge on any atom is 0.412 e. The zero-order valence-electron chi connectivity index (χ0n) is 17.6. The van der Waals surface area contributed by atoms with Crippen LogP contribution in [0.3, 0.4) is 0 Å². The van der Waals surface area contributed by atoms with Gasteiger partial charge in [0, 0.05) is 11.6 Å². The number of rotatable bonds is 6. The van der Waals surface area contributed by atoms with Crippen LogP contribution in [-0.4, -0.2) is 49.6 Å².